The Balaban J connectivity index is 1.88. The average Bonchev–Trinajstić information content (AvgIpc) is 2.68. The highest BCUT2D eigenvalue weighted by Gasteiger charge is 2.14. The van der Waals surface area contributed by atoms with Crippen molar-refractivity contribution in [1.29, 1.82) is 0 Å². The summed E-state index contributed by atoms with van der Waals surface area (Å²) in [6.45, 7) is 1.19. The molecule has 3 aromatic rings. The minimum atomic E-state index is 0.312. The highest BCUT2D eigenvalue weighted by Crippen LogP contribution is 2.22. The fourth-order valence-electron chi connectivity index (χ4n) is 2.66. The third-order valence-electron chi connectivity index (χ3n) is 4.05. The number of hydrogen-bond donors (Lipinski definition) is 1. The van der Waals surface area contributed by atoms with Crippen molar-refractivity contribution in [1.82, 2.24) is 9.97 Å². The third kappa shape index (κ3) is 5.01. The summed E-state index contributed by atoms with van der Waals surface area (Å²) in [6, 6.07) is 17.3. The molecule has 6 nitrogen and oxygen atoms in total. The van der Waals surface area contributed by atoms with E-state index in [0.29, 0.717) is 30.0 Å². The lowest BCUT2D eigenvalue weighted by Gasteiger charge is -2.23. The van der Waals surface area contributed by atoms with Crippen molar-refractivity contribution in [3.63, 3.8) is 0 Å². The van der Waals surface area contributed by atoms with Gasteiger partial charge in [-0.15, -0.1) is 0 Å². The Morgan fingerprint density at radius 3 is 1.74 bits per heavy atom. The first-order chi connectivity index (χ1) is 13.1. The number of hydrogen-bond acceptors (Lipinski definition) is 6. The Morgan fingerprint density at radius 2 is 1.33 bits per heavy atom. The van der Waals surface area contributed by atoms with Gasteiger partial charge in [-0.3, -0.25) is 0 Å². The van der Waals surface area contributed by atoms with E-state index in [1.807, 2.05) is 53.4 Å². The first-order valence-electron chi connectivity index (χ1n) is 8.38. The normalized spacial score (nSPS) is 10.5. The number of ether oxygens (including phenoxy) is 2. The van der Waals surface area contributed by atoms with Gasteiger partial charge in [0.25, 0.3) is 0 Å². The molecule has 0 fully saturated rings. The van der Waals surface area contributed by atoms with Gasteiger partial charge in [-0.2, -0.15) is 4.98 Å². The van der Waals surface area contributed by atoms with Crippen LogP contribution >= 0.6 is 11.6 Å². The van der Waals surface area contributed by atoms with Crippen LogP contribution in [0.2, 0.25) is 5.15 Å². The smallest absolute Gasteiger partial charge is 0.229 e. The van der Waals surface area contributed by atoms with Crippen molar-refractivity contribution < 1.29 is 9.47 Å². The Hall–Kier alpha value is -2.99. The molecule has 0 unspecified atom stereocenters. The molecule has 27 heavy (non-hydrogen) atoms. The zero-order valence-corrected chi connectivity index (χ0v) is 16.0. The number of nitrogens with zero attached hydrogens (tertiary/aromatic N) is 3. The van der Waals surface area contributed by atoms with Crippen molar-refractivity contribution in [3.8, 4) is 11.5 Å². The lowest BCUT2D eigenvalue weighted by atomic mass is 10.1. The molecule has 0 atom stereocenters. The molecule has 140 valence electrons. The van der Waals surface area contributed by atoms with Crippen molar-refractivity contribution in [2.75, 3.05) is 24.9 Å². The number of nitrogen functional groups attached to an aromatic ring is 1. The van der Waals surface area contributed by atoms with Crippen molar-refractivity contribution in [2.45, 2.75) is 13.1 Å². The van der Waals surface area contributed by atoms with Crippen molar-refractivity contribution in [2.24, 2.45) is 0 Å². The van der Waals surface area contributed by atoms with Crippen molar-refractivity contribution in [3.05, 3.63) is 70.9 Å². The van der Waals surface area contributed by atoms with Gasteiger partial charge < -0.3 is 20.1 Å². The molecule has 0 spiro atoms. The molecule has 0 aliphatic heterocycles. The molecule has 0 radical (unpaired) electrons. The summed E-state index contributed by atoms with van der Waals surface area (Å²) in [5, 5.41) is 0.312. The second-order valence-corrected chi connectivity index (χ2v) is 6.35. The summed E-state index contributed by atoms with van der Waals surface area (Å²) in [6.07, 6.45) is 0. The molecule has 0 saturated carbocycles. The summed E-state index contributed by atoms with van der Waals surface area (Å²) < 4.78 is 10.4. The number of methoxy groups -OCH3 is 2. The Morgan fingerprint density at radius 1 is 0.852 bits per heavy atom. The van der Waals surface area contributed by atoms with E-state index in [0.717, 1.165) is 22.6 Å². The molecule has 2 aromatic carbocycles. The Labute approximate surface area is 163 Å². The Bertz CT molecular complexity index is 816. The van der Waals surface area contributed by atoms with Crippen LogP contribution in [0.25, 0.3) is 0 Å². The fourth-order valence-corrected chi connectivity index (χ4v) is 2.85. The largest absolute Gasteiger partial charge is 0.497 e. The third-order valence-corrected chi connectivity index (χ3v) is 4.24. The van der Waals surface area contributed by atoms with E-state index in [2.05, 4.69) is 9.97 Å². The predicted octanol–water partition coefficient (Wildman–Crippen LogP) is 3.94. The first kappa shape index (κ1) is 18.8. The number of rotatable bonds is 7. The van der Waals surface area contributed by atoms with Crippen LogP contribution in [0.1, 0.15) is 11.1 Å². The molecule has 0 saturated heterocycles. The SMILES string of the molecule is COc1ccc(CN(Cc2ccc(OC)cc2)c2nc(N)cc(Cl)n2)cc1. The molecular formula is C20H21ClN4O2. The maximum Gasteiger partial charge on any atom is 0.229 e. The van der Waals surface area contributed by atoms with Crippen LogP contribution in [0.15, 0.2) is 54.6 Å². The lowest BCUT2D eigenvalue weighted by molar-refractivity contribution is 0.414. The second-order valence-electron chi connectivity index (χ2n) is 5.97. The van der Waals surface area contributed by atoms with Crippen LogP contribution in [0.3, 0.4) is 0 Å². The van der Waals surface area contributed by atoms with E-state index in [9.17, 15) is 0 Å². The number of halogens is 1. The van der Waals surface area contributed by atoms with Gasteiger partial charge in [0.2, 0.25) is 5.95 Å². The molecule has 7 heteroatoms. The maximum atomic E-state index is 6.09. The molecular weight excluding hydrogens is 364 g/mol. The number of anilines is 2. The van der Waals surface area contributed by atoms with Crippen molar-refractivity contribution >= 4 is 23.4 Å². The van der Waals surface area contributed by atoms with E-state index >= 15 is 0 Å². The number of nitrogens with two attached hydrogens (primary N) is 1. The average molecular weight is 385 g/mol. The maximum absolute atomic E-state index is 6.09. The van der Waals surface area contributed by atoms with E-state index in [1.54, 1.807) is 14.2 Å². The molecule has 0 aliphatic rings. The topological polar surface area (TPSA) is 73.5 Å². The molecule has 0 bridgehead atoms. The lowest BCUT2D eigenvalue weighted by Crippen LogP contribution is -2.24. The van der Waals surface area contributed by atoms with E-state index in [1.165, 1.54) is 6.07 Å². The second kappa shape index (κ2) is 8.60. The van der Waals surface area contributed by atoms with Gasteiger partial charge in [0.05, 0.1) is 14.2 Å². The monoisotopic (exact) mass is 384 g/mol. The molecule has 1 heterocycles. The summed E-state index contributed by atoms with van der Waals surface area (Å²) >= 11 is 6.09. The molecule has 0 aliphatic carbocycles. The van der Waals surface area contributed by atoms with E-state index < -0.39 is 0 Å². The first-order valence-corrected chi connectivity index (χ1v) is 8.76. The highest BCUT2D eigenvalue weighted by molar-refractivity contribution is 6.29. The Kier molecular flexibility index (Phi) is 5.98. The van der Waals surface area contributed by atoms with Crippen LogP contribution in [0.4, 0.5) is 11.8 Å². The van der Waals surface area contributed by atoms with Crippen LogP contribution in [-0.2, 0) is 13.1 Å². The number of aromatic nitrogens is 2. The molecule has 0 amide bonds. The number of benzene rings is 2. The predicted molar refractivity (Wildman–Crippen MR) is 107 cm³/mol. The zero-order chi connectivity index (χ0) is 19.2. The summed E-state index contributed by atoms with van der Waals surface area (Å²) in [7, 11) is 3.29. The quantitative estimate of drug-likeness (QED) is 0.622. The summed E-state index contributed by atoms with van der Waals surface area (Å²) in [5.41, 5.74) is 8.04. The zero-order valence-electron chi connectivity index (χ0n) is 15.2. The van der Waals surface area contributed by atoms with Crippen LogP contribution in [0.5, 0.6) is 11.5 Å². The summed E-state index contributed by atoms with van der Waals surface area (Å²) in [4.78, 5) is 10.7. The van der Waals surface area contributed by atoms with E-state index in [-0.39, 0.29) is 0 Å². The van der Waals surface area contributed by atoms with Crippen LogP contribution in [-0.4, -0.2) is 24.2 Å². The molecule has 2 N–H and O–H groups in total. The van der Waals surface area contributed by atoms with Gasteiger partial charge in [0.1, 0.15) is 22.5 Å². The van der Waals surface area contributed by atoms with Gasteiger partial charge in [0, 0.05) is 19.2 Å². The van der Waals surface area contributed by atoms with Gasteiger partial charge >= 0.3 is 0 Å². The molecule has 3 rings (SSSR count). The minimum Gasteiger partial charge on any atom is -0.497 e. The molecule has 1 aromatic heterocycles. The fraction of sp³-hybridized carbons (Fsp3) is 0.200. The van der Waals surface area contributed by atoms with Gasteiger partial charge in [-0.05, 0) is 35.4 Å². The van der Waals surface area contributed by atoms with Gasteiger partial charge in [0.15, 0.2) is 0 Å². The van der Waals surface area contributed by atoms with Crippen LogP contribution < -0.4 is 20.1 Å². The minimum absolute atomic E-state index is 0.312. The van der Waals surface area contributed by atoms with E-state index in [4.69, 9.17) is 26.8 Å². The standard InChI is InChI=1S/C20H21ClN4O2/c1-26-16-7-3-14(4-8-16)12-25(20-23-18(21)11-19(22)24-20)13-15-5-9-17(27-2)10-6-15/h3-11H,12-13H2,1-2H3,(H2,22,23,24). The summed E-state index contributed by atoms with van der Waals surface area (Å²) in [5.74, 6) is 2.43. The van der Waals surface area contributed by atoms with Gasteiger partial charge in [-0.1, -0.05) is 35.9 Å². The van der Waals surface area contributed by atoms with Gasteiger partial charge in [-0.25, -0.2) is 4.98 Å². The highest BCUT2D eigenvalue weighted by atomic mass is 35.5. The van der Waals surface area contributed by atoms with Crippen LogP contribution in [0, 0.1) is 0 Å².